The lowest BCUT2D eigenvalue weighted by Gasteiger charge is -2.07. The maximum absolute atomic E-state index is 12.2. The molecule has 1 aliphatic rings. The van der Waals surface area contributed by atoms with Gasteiger partial charge in [0, 0.05) is 17.9 Å². The van der Waals surface area contributed by atoms with E-state index in [1.165, 1.54) is 5.56 Å². The van der Waals surface area contributed by atoms with Crippen LogP contribution in [0.25, 0.3) is 0 Å². The van der Waals surface area contributed by atoms with Crippen molar-refractivity contribution in [3.05, 3.63) is 40.8 Å². The molecule has 2 N–H and O–H groups in total. The maximum Gasteiger partial charge on any atom is 0.261 e. The number of aryl methyl sites for hydroxylation is 2. The highest BCUT2D eigenvalue weighted by molar-refractivity contribution is 6.05. The average Bonchev–Trinajstić information content (AvgIpc) is 2.95. The van der Waals surface area contributed by atoms with E-state index in [1.807, 2.05) is 18.2 Å². The summed E-state index contributed by atoms with van der Waals surface area (Å²) in [6.07, 6.45) is 0.990. The molecule has 19 heavy (non-hydrogen) atoms. The fourth-order valence-electron chi connectivity index (χ4n) is 2.38. The number of fused-ring (bicyclic) bond motifs is 1. The Kier molecular flexibility index (Phi) is 2.74. The second-order valence-electron chi connectivity index (χ2n) is 4.70. The van der Waals surface area contributed by atoms with Crippen LogP contribution in [-0.4, -0.2) is 17.6 Å². The van der Waals surface area contributed by atoms with Crippen molar-refractivity contribution in [1.82, 2.24) is 5.16 Å². The second-order valence-corrected chi connectivity index (χ2v) is 4.70. The first-order valence-corrected chi connectivity index (χ1v) is 6.26. The standard InChI is InChI=1S/C14H15N3O2/c1-8-13(9(2)19-17-8)14(18)16-11-3-4-12-10(7-11)5-6-15-12/h3-4,7,15H,5-6H2,1-2H3,(H,16,18). The summed E-state index contributed by atoms with van der Waals surface area (Å²) in [6, 6.07) is 5.89. The first kappa shape index (κ1) is 11.8. The molecule has 1 amide bonds. The zero-order valence-corrected chi connectivity index (χ0v) is 10.9. The molecule has 0 atom stereocenters. The van der Waals surface area contributed by atoms with E-state index in [2.05, 4.69) is 15.8 Å². The molecule has 1 aliphatic heterocycles. The number of nitrogens with one attached hydrogen (secondary N) is 2. The molecular formula is C14H15N3O2. The van der Waals surface area contributed by atoms with Crippen LogP contribution in [0.2, 0.25) is 0 Å². The Bertz CT molecular complexity index is 627. The van der Waals surface area contributed by atoms with Gasteiger partial charge in [-0.25, -0.2) is 0 Å². The summed E-state index contributed by atoms with van der Waals surface area (Å²) >= 11 is 0. The smallest absolute Gasteiger partial charge is 0.261 e. The van der Waals surface area contributed by atoms with Gasteiger partial charge in [0.25, 0.3) is 5.91 Å². The SMILES string of the molecule is Cc1noc(C)c1C(=O)Nc1ccc2c(c1)CCN2. The average molecular weight is 257 g/mol. The zero-order valence-electron chi connectivity index (χ0n) is 10.9. The minimum atomic E-state index is -0.179. The Hall–Kier alpha value is -2.30. The Morgan fingerprint density at radius 1 is 1.42 bits per heavy atom. The number of carbonyl (C=O) groups is 1. The van der Waals surface area contributed by atoms with E-state index >= 15 is 0 Å². The molecule has 0 saturated heterocycles. The first-order valence-electron chi connectivity index (χ1n) is 6.26. The first-order chi connectivity index (χ1) is 9.15. The summed E-state index contributed by atoms with van der Waals surface area (Å²) in [4.78, 5) is 12.2. The molecular weight excluding hydrogens is 242 g/mol. The van der Waals surface area contributed by atoms with Crippen LogP contribution in [0.15, 0.2) is 22.7 Å². The van der Waals surface area contributed by atoms with Gasteiger partial charge in [0.15, 0.2) is 0 Å². The monoisotopic (exact) mass is 257 g/mol. The lowest BCUT2D eigenvalue weighted by molar-refractivity contribution is 0.102. The van der Waals surface area contributed by atoms with E-state index in [1.54, 1.807) is 13.8 Å². The van der Waals surface area contributed by atoms with Crippen LogP contribution in [-0.2, 0) is 6.42 Å². The van der Waals surface area contributed by atoms with E-state index in [9.17, 15) is 4.79 Å². The van der Waals surface area contributed by atoms with E-state index < -0.39 is 0 Å². The fourth-order valence-corrected chi connectivity index (χ4v) is 2.38. The highest BCUT2D eigenvalue weighted by Gasteiger charge is 2.18. The third kappa shape index (κ3) is 2.07. The van der Waals surface area contributed by atoms with Crippen LogP contribution in [0.3, 0.4) is 0 Å². The molecule has 2 aromatic rings. The highest BCUT2D eigenvalue weighted by Crippen LogP contribution is 2.25. The molecule has 98 valence electrons. The molecule has 0 unspecified atom stereocenters. The van der Waals surface area contributed by atoms with Crippen molar-refractivity contribution >= 4 is 17.3 Å². The Labute approximate surface area is 111 Å². The summed E-state index contributed by atoms with van der Waals surface area (Å²) in [7, 11) is 0. The third-order valence-electron chi connectivity index (χ3n) is 3.33. The largest absolute Gasteiger partial charge is 0.384 e. The van der Waals surface area contributed by atoms with Crippen molar-refractivity contribution in [1.29, 1.82) is 0 Å². The molecule has 0 saturated carbocycles. The Balaban J connectivity index is 1.84. The van der Waals surface area contributed by atoms with Gasteiger partial charge in [-0.2, -0.15) is 0 Å². The number of rotatable bonds is 2. The Morgan fingerprint density at radius 2 is 2.26 bits per heavy atom. The fraction of sp³-hybridized carbons (Fsp3) is 0.286. The van der Waals surface area contributed by atoms with Crippen molar-refractivity contribution in [3.8, 4) is 0 Å². The zero-order chi connectivity index (χ0) is 13.4. The molecule has 5 heteroatoms. The number of benzene rings is 1. The number of nitrogens with zero attached hydrogens (tertiary/aromatic N) is 1. The van der Waals surface area contributed by atoms with Gasteiger partial charge in [-0.05, 0) is 44.0 Å². The van der Waals surface area contributed by atoms with Crippen LogP contribution in [0.4, 0.5) is 11.4 Å². The van der Waals surface area contributed by atoms with Crippen LogP contribution in [0.5, 0.6) is 0 Å². The van der Waals surface area contributed by atoms with E-state index in [4.69, 9.17) is 4.52 Å². The number of amides is 1. The van der Waals surface area contributed by atoms with Crippen molar-refractivity contribution < 1.29 is 9.32 Å². The molecule has 1 aromatic carbocycles. The predicted molar refractivity (Wildman–Crippen MR) is 72.6 cm³/mol. The van der Waals surface area contributed by atoms with Gasteiger partial charge in [0.2, 0.25) is 0 Å². The van der Waals surface area contributed by atoms with Crippen molar-refractivity contribution in [2.24, 2.45) is 0 Å². The molecule has 0 aliphatic carbocycles. The van der Waals surface area contributed by atoms with Crippen molar-refractivity contribution in [2.75, 3.05) is 17.2 Å². The van der Waals surface area contributed by atoms with Gasteiger partial charge < -0.3 is 15.2 Å². The summed E-state index contributed by atoms with van der Waals surface area (Å²) in [5, 5.41) is 9.97. The second kappa shape index (κ2) is 4.42. The van der Waals surface area contributed by atoms with Gasteiger partial charge in [0.1, 0.15) is 11.3 Å². The van der Waals surface area contributed by atoms with Crippen molar-refractivity contribution in [3.63, 3.8) is 0 Å². The van der Waals surface area contributed by atoms with Crippen LogP contribution >= 0.6 is 0 Å². The number of hydrogen-bond donors (Lipinski definition) is 2. The quantitative estimate of drug-likeness (QED) is 0.867. The van der Waals surface area contributed by atoms with Gasteiger partial charge in [-0.1, -0.05) is 5.16 Å². The summed E-state index contributed by atoms with van der Waals surface area (Å²) in [5.41, 5.74) is 4.30. The summed E-state index contributed by atoms with van der Waals surface area (Å²) in [6.45, 7) is 4.45. The van der Waals surface area contributed by atoms with Gasteiger partial charge >= 0.3 is 0 Å². The normalized spacial score (nSPS) is 12.9. The lowest BCUT2D eigenvalue weighted by Crippen LogP contribution is -2.13. The van der Waals surface area contributed by atoms with Crippen LogP contribution in [0.1, 0.15) is 27.4 Å². The predicted octanol–water partition coefficient (Wildman–Crippen LogP) is 2.51. The minimum Gasteiger partial charge on any atom is -0.384 e. The van der Waals surface area contributed by atoms with Gasteiger partial charge in [0.05, 0.1) is 5.69 Å². The topological polar surface area (TPSA) is 67.2 Å². The molecule has 1 aromatic heterocycles. The molecule has 5 nitrogen and oxygen atoms in total. The number of hydrogen-bond acceptors (Lipinski definition) is 4. The van der Waals surface area contributed by atoms with E-state index in [0.29, 0.717) is 17.0 Å². The molecule has 0 spiro atoms. The number of anilines is 2. The van der Waals surface area contributed by atoms with Gasteiger partial charge in [-0.3, -0.25) is 4.79 Å². The van der Waals surface area contributed by atoms with Gasteiger partial charge in [-0.15, -0.1) is 0 Å². The summed E-state index contributed by atoms with van der Waals surface area (Å²) in [5.74, 6) is 0.361. The molecule has 0 radical (unpaired) electrons. The molecule has 0 fully saturated rings. The minimum absolute atomic E-state index is 0.179. The van der Waals surface area contributed by atoms with Crippen LogP contribution < -0.4 is 10.6 Å². The lowest BCUT2D eigenvalue weighted by atomic mass is 10.1. The number of carbonyl (C=O) groups excluding carboxylic acids is 1. The highest BCUT2D eigenvalue weighted by atomic mass is 16.5. The maximum atomic E-state index is 12.2. The van der Waals surface area contributed by atoms with Crippen LogP contribution in [0, 0.1) is 13.8 Å². The number of aromatic nitrogens is 1. The van der Waals surface area contributed by atoms with E-state index in [0.717, 1.165) is 24.3 Å². The third-order valence-corrected chi connectivity index (χ3v) is 3.33. The van der Waals surface area contributed by atoms with E-state index in [-0.39, 0.29) is 5.91 Å². The molecule has 3 rings (SSSR count). The summed E-state index contributed by atoms with van der Waals surface area (Å²) < 4.78 is 5.01. The van der Waals surface area contributed by atoms with Crippen molar-refractivity contribution in [2.45, 2.75) is 20.3 Å². The Morgan fingerprint density at radius 3 is 3.00 bits per heavy atom. The molecule has 2 heterocycles. The molecule has 0 bridgehead atoms.